The van der Waals surface area contributed by atoms with Crippen molar-refractivity contribution in [2.75, 3.05) is 13.7 Å². The van der Waals surface area contributed by atoms with Gasteiger partial charge in [-0.05, 0) is 62.1 Å². The maximum atomic E-state index is 14.1. The predicted molar refractivity (Wildman–Crippen MR) is 138 cm³/mol. The summed E-state index contributed by atoms with van der Waals surface area (Å²) >= 11 is 0. The molecule has 4 aromatic rings. The number of carbonyl (C=O) groups is 1. The van der Waals surface area contributed by atoms with E-state index >= 15 is 0 Å². The van der Waals surface area contributed by atoms with E-state index in [1.807, 2.05) is 18.4 Å². The highest BCUT2D eigenvalue weighted by Crippen LogP contribution is 2.41. The van der Waals surface area contributed by atoms with Crippen LogP contribution in [0.5, 0.6) is 5.75 Å². The lowest BCUT2D eigenvalue weighted by atomic mass is 9.87. The largest absolute Gasteiger partial charge is 0.497 e. The molecule has 204 valence electrons. The van der Waals surface area contributed by atoms with Crippen LogP contribution < -0.4 is 4.74 Å². The number of rotatable bonds is 7. The van der Waals surface area contributed by atoms with Crippen molar-refractivity contribution in [1.29, 1.82) is 0 Å². The molecule has 0 saturated heterocycles. The van der Waals surface area contributed by atoms with Crippen molar-refractivity contribution < 1.29 is 22.7 Å². The Kier molecular flexibility index (Phi) is 6.92. The number of halogens is 3. The number of carbonyl (C=O) groups excluding carboxylic acids is 1. The first-order chi connectivity index (χ1) is 18.6. The molecule has 0 unspecified atom stereocenters. The molecule has 1 amide bonds. The Morgan fingerprint density at radius 3 is 2.54 bits per heavy atom. The van der Waals surface area contributed by atoms with Crippen molar-refractivity contribution in [3.05, 3.63) is 83.0 Å². The third kappa shape index (κ3) is 5.00. The molecule has 0 N–H and O–H groups in total. The zero-order chi connectivity index (χ0) is 27.9. The summed E-state index contributed by atoms with van der Waals surface area (Å²) in [5.41, 5.74) is 1.75. The zero-order valence-corrected chi connectivity index (χ0v) is 22.2. The number of hydrogen-bond donors (Lipinski definition) is 0. The van der Waals surface area contributed by atoms with Crippen LogP contribution in [0.4, 0.5) is 13.2 Å². The number of aryl methyl sites for hydroxylation is 2. The second kappa shape index (κ2) is 10.2. The summed E-state index contributed by atoms with van der Waals surface area (Å²) in [6.07, 6.45) is 2.26. The minimum absolute atomic E-state index is 0.0198. The normalized spacial score (nSPS) is 14.4. The first-order valence-electron chi connectivity index (χ1n) is 12.7. The van der Waals surface area contributed by atoms with Gasteiger partial charge >= 0.3 is 6.18 Å². The Morgan fingerprint density at radius 2 is 1.87 bits per heavy atom. The summed E-state index contributed by atoms with van der Waals surface area (Å²) in [6, 6.07) is 6.69. The van der Waals surface area contributed by atoms with E-state index in [0.29, 0.717) is 53.2 Å². The highest BCUT2D eigenvalue weighted by atomic mass is 19.4. The van der Waals surface area contributed by atoms with Gasteiger partial charge in [-0.25, -0.2) is 4.98 Å². The highest BCUT2D eigenvalue weighted by molar-refractivity contribution is 5.99. The van der Waals surface area contributed by atoms with Gasteiger partial charge in [0.05, 0.1) is 18.8 Å². The molecule has 5 rings (SSSR count). The average Bonchev–Trinajstić information content (AvgIpc) is 3.54. The van der Waals surface area contributed by atoms with Gasteiger partial charge in [-0.1, -0.05) is 0 Å². The average molecular weight is 539 g/mol. The number of benzene rings is 1. The SMILES string of the molecule is CCn1cc(-c2cc(Cn3ccnc3C)cc3c2CCN([C@@H](C)c2cc(OC)ccn2)C3=O)c(C(F)(F)F)n1. The van der Waals surface area contributed by atoms with Gasteiger partial charge < -0.3 is 14.2 Å². The predicted octanol–water partition coefficient (Wildman–Crippen LogP) is 5.31. The molecule has 1 aliphatic heterocycles. The van der Waals surface area contributed by atoms with Crippen molar-refractivity contribution in [3.8, 4) is 16.9 Å². The zero-order valence-electron chi connectivity index (χ0n) is 22.2. The smallest absolute Gasteiger partial charge is 0.435 e. The molecule has 0 spiro atoms. The molecule has 1 aliphatic rings. The molecule has 0 saturated carbocycles. The topological polar surface area (TPSA) is 78.1 Å². The second-order valence-corrected chi connectivity index (χ2v) is 9.56. The molecule has 39 heavy (non-hydrogen) atoms. The third-order valence-corrected chi connectivity index (χ3v) is 7.21. The number of alkyl halides is 3. The molecule has 0 fully saturated rings. The van der Waals surface area contributed by atoms with E-state index in [0.717, 1.165) is 5.82 Å². The number of amides is 1. The van der Waals surface area contributed by atoms with Gasteiger partial charge in [0.15, 0.2) is 5.69 Å². The summed E-state index contributed by atoms with van der Waals surface area (Å²) in [5, 5.41) is 3.82. The van der Waals surface area contributed by atoms with E-state index in [-0.39, 0.29) is 24.1 Å². The quantitative estimate of drug-likeness (QED) is 0.319. The van der Waals surface area contributed by atoms with Gasteiger partial charge in [-0.15, -0.1) is 0 Å². The van der Waals surface area contributed by atoms with Crippen LogP contribution in [0.3, 0.4) is 0 Å². The van der Waals surface area contributed by atoms with Crippen LogP contribution in [0.15, 0.2) is 49.1 Å². The molecule has 0 radical (unpaired) electrons. The molecule has 11 heteroatoms. The maximum absolute atomic E-state index is 14.1. The third-order valence-electron chi connectivity index (χ3n) is 7.21. The van der Waals surface area contributed by atoms with E-state index in [9.17, 15) is 18.0 Å². The number of fused-ring (bicyclic) bond motifs is 1. The summed E-state index contributed by atoms with van der Waals surface area (Å²) < 4.78 is 50.7. The fourth-order valence-electron chi connectivity index (χ4n) is 5.08. The lowest BCUT2D eigenvalue weighted by molar-refractivity contribution is -0.141. The van der Waals surface area contributed by atoms with Crippen LogP contribution in [0, 0.1) is 6.92 Å². The van der Waals surface area contributed by atoms with Crippen molar-refractivity contribution in [2.45, 2.75) is 52.5 Å². The van der Waals surface area contributed by atoms with Crippen molar-refractivity contribution in [3.63, 3.8) is 0 Å². The van der Waals surface area contributed by atoms with Crippen LogP contribution >= 0.6 is 0 Å². The first kappa shape index (κ1) is 26.5. The minimum atomic E-state index is -4.64. The summed E-state index contributed by atoms with van der Waals surface area (Å²) in [7, 11) is 1.56. The molecule has 0 bridgehead atoms. The van der Waals surface area contributed by atoms with Crippen molar-refractivity contribution in [1.82, 2.24) is 29.2 Å². The Balaban J connectivity index is 1.63. The number of aromatic nitrogens is 5. The number of ether oxygens (including phenoxy) is 1. The van der Waals surface area contributed by atoms with E-state index < -0.39 is 11.9 Å². The van der Waals surface area contributed by atoms with Crippen LogP contribution in [0.1, 0.15) is 58.6 Å². The van der Waals surface area contributed by atoms with Gasteiger partial charge in [-0.2, -0.15) is 18.3 Å². The lowest BCUT2D eigenvalue weighted by Crippen LogP contribution is -2.40. The molecule has 8 nitrogen and oxygen atoms in total. The van der Waals surface area contributed by atoms with Crippen LogP contribution in [0.25, 0.3) is 11.1 Å². The van der Waals surface area contributed by atoms with Crippen LogP contribution in [-0.2, 0) is 25.7 Å². The lowest BCUT2D eigenvalue weighted by Gasteiger charge is -2.34. The molecular formula is C28H29F3N6O2. The Morgan fingerprint density at radius 1 is 1.10 bits per heavy atom. The Labute approximate surface area is 224 Å². The summed E-state index contributed by atoms with van der Waals surface area (Å²) in [4.78, 5) is 24.3. The summed E-state index contributed by atoms with van der Waals surface area (Å²) in [5.74, 6) is 1.13. The number of methoxy groups -OCH3 is 1. The molecule has 1 atom stereocenters. The molecule has 3 aromatic heterocycles. The monoisotopic (exact) mass is 538 g/mol. The Hall–Kier alpha value is -4.15. The molecular weight excluding hydrogens is 509 g/mol. The van der Waals surface area contributed by atoms with E-state index in [4.69, 9.17) is 4.74 Å². The van der Waals surface area contributed by atoms with E-state index in [1.54, 1.807) is 61.8 Å². The van der Waals surface area contributed by atoms with Crippen molar-refractivity contribution >= 4 is 5.91 Å². The Bertz CT molecular complexity index is 1520. The van der Waals surface area contributed by atoms with Crippen LogP contribution in [0.2, 0.25) is 0 Å². The first-order valence-corrected chi connectivity index (χ1v) is 12.7. The van der Waals surface area contributed by atoms with Gasteiger partial charge in [0, 0.05) is 61.6 Å². The highest BCUT2D eigenvalue weighted by Gasteiger charge is 2.39. The van der Waals surface area contributed by atoms with Crippen molar-refractivity contribution in [2.24, 2.45) is 0 Å². The number of hydrogen-bond acceptors (Lipinski definition) is 5. The standard InChI is InChI=1S/C28H29F3N6O2/c1-5-36-16-24(26(34-36)28(29,30)31)22-12-19(15-35-11-9-32-18(35)3)13-23-21(22)7-10-37(27(23)38)17(2)25-14-20(39-4)6-8-33-25/h6,8-9,11-14,16-17H,5,7,10,15H2,1-4H3/t17-/m0/s1. The van der Waals surface area contributed by atoms with Gasteiger partial charge in [-0.3, -0.25) is 14.5 Å². The van der Waals surface area contributed by atoms with Gasteiger partial charge in [0.25, 0.3) is 5.91 Å². The van der Waals surface area contributed by atoms with E-state index in [2.05, 4.69) is 15.1 Å². The fourth-order valence-corrected chi connectivity index (χ4v) is 5.08. The van der Waals surface area contributed by atoms with Crippen LogP contribution in [-0.4, -0.2) is 48.8 Å². The molecule has 4 heterocycles. The maximum Gasteiger partial charge on any atom is 0.435 e. The van der Waals surface area contributed by atoms with E-state index in [1.165, 1.54) is 10.9 Å². The number of pyridine rings is 1. The summed E-state index contributed by atoms with van der Waals surface area (Å²) in [6.45, 7) is 6.45. The minimum Gasteiger partial charge on any atom is -0.497 e. The second-order valence-electron chi connectivity index (χ2n) is 9.56. The molecule has 0 aliphatic carbocycles. The number of imidazole rings is 1. The fraction of sp³-hybridized carbons (Fsp3) is 0.357. The molecule has 1 aromatic carbocycles. The van der Waals surface area contributed by atoms with Gasteiger partial charge in [0.1, 0.15) is 11.6 Å². The number of nitrogens with zero attached hydrogens (tertiary/aromatic N) is 6. The van der Waals surface area contributed by atoms with Gasteiger partial charge in [0.2, 0.25) is 0 Å².